The van der Waals surface area contributed by atoms with Crippen molar-refractivity contribution in [3.05, 3.63) is 42.0 Å². The van der Waals surface area contributed by atoms with Crippen LogP contribution in [0.3, 0.4) is 0 Å². The molecule has 2 rings (SSSR count). The Balaban J connectivity index is 2.12. The summed E-state index contributed by atoms with van der Waals surface area (Å²) in [4.78, 5) is 13.9. The molecule has 1 aromatic rings. The van der Waals surface area contributed by atoms with Gasteiger partial charge in [-0.3, -0.25) is 4.79 Å². The molecule has 0 unspecified atom stereocenters. The van der Waals surface area contributed by atoms with E-state index >= 15 is 0 Å². The van der Waals surface area contributed by atoms with Gasteiger partial charge in [-0.25, -0.2) is 0 Å². The zero-order valence-electron chi connectivity index (χ0n) is 9.70. The molecule has 1 aromatic carbocycles. The molecule has 2 heteroatoms. The number of hydrogen-bond acceptors (Lipinski definition) is 1. The molecule has 0 radical (unpaired) electrons. The average Bonchev–Trinajstić information content (AvgIpc) is 2.81. The Morgan fingerprint density at radius 2 is 1.75 bits per heavy atom. The first-order valence-electron chi connectivity index (χ1n) is 5.74. The number of benzene rings is 1. The molecule has 1 saturated heterocycles. The van der Waals surface area contributed by atoms with Crippen LogP contribution in [0.4, 0.5) is 0 Å². The van der Waals surface area contributed by atoms with Gasteiger partial charge in [0.2, 0.25) is 0 Å². The molecule has 0 saturated carbocycles. The van der Waals surface area contributed by atoms with Crippen LogP contribution in [0.5, 0.6) is 0 Å². The van der Waals surface area contributed by atoms with Gasteiger partial charge in [-0.2, -0.15) is 0 Å². The first-order chi connectivity index (χ1) is 7.68. The van der Waals surface area contributed by atoms with Gasteiger partial charge in [0.05, 0.1) is 0 Å². The minimum Gasteiger partial charge on any atom is -0.339 e. The van der Waals surface area contributed by atoms with E-state index in [1.54, 1.807) is 0 Å². The lowest BCUT2D eigenvalue weighted by molar-refractivity contribution is -0.123. The van der Waals surface area contributed by atoms with Crippen molar-refractivity contribution < 1.29 is 4.79 Å². The predicted molar refractivity (Wildman–Crippen MR) is 66.0 cm³/mol. The lowest BCUT2D eigenvalue weighted by atomic mass is 10.0. The fourth-order valence-corrected chi connectivity index (χ4v) is 1.99. The van der Waals surface area contributed by atoms with E-state index in [2.05, 4.69) is 6.58 Å². The summed E-state index contributed by atoms with van der Waals surface area (Å²) in [5.41, 5.74) is 2.74. The number of amides is 1. The highest BCUT2D eigenvalue weighted by Crippen LogP contribution is 2.18. The maximum absolute atomic E-state index is 12.1. The summed E-state index contributed by atoms with van der Waals surface area (Å²) in [6.45, 7) is 7.70. The van der Waals surface area contributed by atoms with E-state index in [9.17, 15) is 4.79 Å². The van der Waals surface area contributed by atoms with Crippen LogP contribution in [-0.2, 0) is 4.79 Å². The van der Waals surface area contributed by atoms with Gasteiger partial charge in [-0.05, 0) is 25.3 Å². The summed E-state index contributed by atoms with van der Waals surface area (Å²) in [6, 6.07) is 7.95. The van der Waals surface area contributed by atoms with E-state index < -0.39 is 0 Å². The van der Waals surface area contributed by atoms with E-state index in [1.807, 2.05) is 36.1 Å². The summed E-state index contributed by atoms with van der Waals surface area (Å²) >= 11 is 0. The molecule has 1 aliphatic rings. The molecule has 1 aliphatic heterocycles. The molecular formula is C14H17NO. The Kier molecular flexibility index (Phi) is 3.09. The third-order valence-electron chi connectivity index (χ3n) is 3.05. The predicted octanol–water partition coefficient (Wildman–Crippen LogP) is 2.63. The Morgan fingerprint density at radius 1 is 1.19 bits per heavy atom. The van der Waals surface area contributed by atoms with Crippen LogP contribution in [0.15, 0.2) is 30.8 Å². The minimum absolute atomic E-state index is 0.0846. The molecule has 0 atom stereocenters. The second-order valence-corrected chi connectivity index (χ2v) is 4.34. The van der Waals surface area contributed by atoms with E-state index in [4.69, 9.17) is 0 Å². The maximum atomic E-state index is 12.1. The molecule has 1 heterocycles. The molecule has 0 aromatic heterocycles. The zero-order valence-corrected chi connectivity index (χ0v) is 9.70. The lowest BCUT2D eigenvalue weighted by Crippen LogP contribution is -2.28. The van der Waals surface area contributed by atoms with Crippen LogP contribution in [0, 0.1) is 6.92 Å². The van der Waals surface area contributed by atoms with E-state index in [-0.39, 0.29) is 5.91 Å². The van der Waals surface area contributed by atoms with Crippen LogP contribution in [0.2, 0.25) is 0 Å². The first kappa shape index (κ1) is 10.9. The van der Waals surface area contributed by atoms with Crippen LogP contribution in [-0.4, -0.2) is 23.9 Å². The Labute approximate surface area is 96.6 Å². The topological polar surface area (TPSA) is 20.3 Å². The highest BCUT2D eigenvalue weighted by Gasteiger charge is 2.20. The molecule has 0 aliphatic carbocycles. The fraction of sp³-hybridized carbons (Fsp3) is 0.357. The van der Waals surface area contributed by atoms with E-state index in [0.717, 1.165) is 31.5 Å². The van der Waals surface area contributed by atoms with Gasteiger partial charge < -0.3 is 4.90 Å². The normalized spacial score (nSPS) is 15.2. The monoisotopic (exact) mass is 215 g/mol. The van der Waals surface area contributed by atoms with Crippen molar-refractivity contribution in [3.63, 3.8) is 0 Å². The summed E-state index contributed by atoms with van der Waals surface area (Å²) in [7, 11) is 0. The summed E-state index contributed by atoms with van der Waals surface area (Å²) < 4.78 is 0. The molecule has 1 fully saturated rings. The van der Waals surface area contributed by atoms with Crippen molar-refractivity contribution in [2.24, 2.45) is 0 Å². The summed E-state index contributed by atoms with van der Waals surface area (Å²) in [5.74, 6) is 0.0846. The maximum Gasteiger partial charge on any atom is 0.253 e. The Bertz CT molecular complexity index is 399. The van der Waals surface area contributed by atoms with Gasteiger partial charge in [0.25, 0.3) is 5.91 Å². The Morgan fingerprint density at radius 3 is 2.31 bits per heavy atom. The number of carbonyl (C=O) groups excluding carboxylic acids is 1. The van der Waals surface area contributed by atoms with Gasteiger partial charge in [0.15, 0.2) is 0 Å². The van der Waals surface area contributed by atoms with Crippen LogP contribution < -0.4 is 0 Å². The SMILES string of the molecule is C=C(C(=O)N1CCCC1)c1ccc(C)cc1. The van der Waals surface area contributed by atoms with Gasteiger partial charge in [-0.15, -0.1) is 0 Å². The van der Waals surface area contributed by atoms with Crippen LogP contribution >= 0.6 is 0 Å². The smallest absolute Gasteiger partial charge is 0.253 e. The zero-order chi connectivity index (χ0) is 11.5. The molecule has 16 heavy (non-hydrogen) atoms. The van der Waals surface area contributed by atoms with Crippen LogP contribution in [0.25, 0.3) is 5.57 Å². The Hall–Kier alpha value is -1.57. The number of likely N-dealkylation sites (tertiary alicyclic amines) is 1. The average molecular weight is 215 g/mol. The van der Waals surface area contributed by atoms with E-state index in [1.165, 1.54) is 5.56 Å². The van der Waals surface area contributed by atoms with Crippen molar-refractivity contribution in [1.29, 1.82) is 0 Å². The highest BCUT2D eigenvalue weighted by molar-refractivity contribution is 6.18. The number of carbonyl (C=O) groups is 1. The standard InChI is InChI=1S/C14H17NO/c1-11-5-7-13(8-6-11)12(2)14(16)15-9-3-4-10-15/h5-8H,2-4,9-10H2,1H3. The van der Waals surface area contributed by atoms with Crippen molar-refractivity contribution in [1.82, 2.24) is 4.90 Å². The molecule has 2 nitrogen and oxygen atoms in total. The van der Waals surface area contributed by atoms with Gasteiger partial charge >= 0.3 is 0 Å². The second kappa shape index (κ2) is 4.52. The van der Waals surface area contributed by atoms with Crippen LogP contribution in [0.1, 0.15) is 24.0 Å². The molecule has 0 bridgehead atoms. The number of nitrogens with zero attached hydrogens (tertiary/aromatic N) is 1. The lowest BCUT2D eigenvalue weighted by Gasteiger charge is -2.16. The summed E-state index contributed by atoms with van der Waals surface area (Å²) in [6.07, 6.45) is 2.24. The van der Waals surface area contributed by atoms with E-state index in [0.29, 0.717) is 5.57 Å². The minimum atomic E-state index is 0.0846. The third kappa shape index (κ3) is 2.16. The van der Waals surface area contributed by atoms with Crippen molar-refractivity contribution in [2.75, 3.05) is 13.1 Å². The molecular weight excluding hydrogens is 198 g/mol. The van der Waals surface area contributed by atoms with Gasteiger partial charge in [0, 0.05) is 18.7 Å². The largest absolute Gasteiger partial charge is 0.339 e. The molecule has 1 amide bonds. The molecule has 0 spiro atoms. The number of aryl methyl sites for hydroxylation is 1. The van der Waals surface area contributed by atoms with Crippen molar-refractivity contribution in [2.45, 2.75) is 19.8 Å². The number of hydrogen-bond donors (Lipinski definition) is 0. The third-order valence-corrected chi connectivity index (χ3v) is 3.05. The van der Waals surface area contributed by atoms with Gasteiger partial charge in [0.1, 0.15) is 0 Å². The highest BCUT2D eigenvalue weighted by atomic mass is 16.2. The molecule has 0 N–H and O–H groups in total. The fourth-order valence-electron chi connectivity index (χ4n) is 1.99. The quantitative estimate of drug-likeness (QED) is 0.694. The molecule has 84 valence electrons. The second-order valence-electron chi connectivity index (χ2n) is 4.34. The van der Waals surface area contributed by atoms with Gasteiger partial charge in [-0.1, -0.05) is 36.4 Å². The number of rotatable bonds is 2. The van der Waals surface area contributed by atoms with Crippen molar-refractivity contribution in [3.8, 4) is 0 Å². The first-order valence-corrected chi connectivity index (χ1v) is 5.74. The van der Waals surface area contributed by atoms with Crippen molar-refractivity contribution >= 4 is 11.5 Å². The summed E-state index contributed by atoms with van der Waals surface area (Å²) in [5, 5.41) is 0.